The first kappa shape index (κ1) is 63.8. The van der Waals surface area contributed by atoms with Gasteiger partial charge in [0, 0.05) is 54.9 Å². The van der Waals surface area contributed by atoms with Crippen molar-refractivity contribution in [2.24, 2.45) is 0 Å². The first-order valence-corrected chi connectivity index (χ1v) is 29.1. The number of carboxylic acid groups (broad SMARTS) is 1. The molecule has 0 bridgehead atoms. The van der Waals surface area contributed by atoms with E-state index in [2.05, 4.69) is 20.9 Å². The second-order valence-corrected chi connectivity index (χ2v) is 21.1. The van der Waals surface area contributed by atoms with Gasteiger partial charge in [-0.15, -0.1) is 5.10 Å². The van der Waals surface area contributed by atoms with Crippen molar-refractivity contribution >= 4 is 46.9 Å². The van der Waals surface area contributed by atoms with Gasteiger partial charge in [0.15, 0.2) is 0 Å². The molecule has 4 aromatic carbocycles. The van der Waals surface area contributed by atoms with Gasteiger partial charge in [0.05, 0.1) is 113 Å². The average molecular weight is 1190 g/mol. The number of fused-ring (bicyclic) bond motifs is 1. The summed E-state index contributed by atoms with van der Waals surface area (Å²) >= 11 is 0. The van der Waals surface area contributed by atoms with Crippen molar-refractivity contribution in [1.29, 1.82) is 0 Å². The topological polar surface area (TPSA) is 275 Å². The summed E-state index contributed by atoms with van der Waals surface area (Å²) in [4.78, 5) is 80.0. The van der Waals surface area contributed by atoms with Gasteiger partial charge >= 0.3 is 5.97 Å². The van der Waals surface area contributed by atoms with Gasteiger partial charge in [0.2, 0.25) is 5.91 Å². The van der Waals surface area contributed by atoms with Crippen molar-refractivity contribution in [2.45, 2.75) is 103 Å². The average Bonchev–Trinajstić information content (AvgIpc) is 1.65. The highest BCUT2D eigenvalue weighted by atomic mass is 19.1. The number of benzene rings is 4. The standard InChI is InChI=1S/C63H75FN8O14/c1-4-70-53(75)23-22-52(62(70)80)72-61(79)50-16-9-17-51(56(50)63(72)81)65-25-29-82-31-33-84-35-36-85-34-32-83-30-27-69-40-46(67-68-69)14-10-28-86-49-15-8-11-43(37-49)55-57(60(78)66-45-12-6-5-7-13-45)58(41(2)3)71(59(55)42-18-20-44(64)21-19-42)26-24-47(73)38-48(74)39-54(76)77/h5-9,11-13,15-21,37,40-41,47-48,52,65,73-74H,4,10,14,22-36,38-39H2,1-3H3,(H,66,78)(H,76,77)/t47-,48-,52?/m1/s1. The van der Waals surface area contributed by atoms with Crippen molar-refractivity contribution in [3.63, 3.8) is 0 Å². The number of hydrogen-bond donors (Lipinski definition) is 5. The maximum absolute atomic E-state index is 14.7. The van der Waals surface area contributed by atoms with Crippen LogP contribution in [0.3, 0.4) is 0 Å². The van der Waals surface area contributed by atoms with Crippen LogP contribution in [0.4, 0.5) is 15.8 Å². The molecule has 2 aromatic heterocycles. The number of likely N-dealkylation sites (tertiary alicyclic amines) is 1. The van der Waals surface area contributed by atoms with Gasteiger partial charge < -0.3 is 54.2 Å². The van der Waals surface area contributed by atoms with Gasteiger partial charge in [-0.05, 0) is 117 Å². The molecule has 3 atom stereocenters. The van der Waals surface area contributed by atoms with E-state index in [1.807, 2.05) is 67.1 Å². The molecule has 86 heavy (non-hydrogen) atoms. The van der Waals surface area contributed by atoms with E-state index < -0.39 is 54.2 Å². The smallest absolute Gasteiger partial charge is 0.305 e. The molecule has 0 spiro atoms. The Morgan fingerprint density at radius 1 is 0.767 bits per heavy atom. The monoisotopic (exact) mass is 1190 g/mol. The van der Waals surface area contributed by atoms with E-state index in [1.165, 1.54) is 12.1 Å². The van der Waals surface area contributed by atoms with Crippen LogP contribution < -0.4 is 15.4 Å². The Morgan fingerprint density at radius 3 is 2.16 bits per heavy atom. The highest BCUT2D eigenvalue weighted by Crippen LogP contribution is 2.44. The van der Waals surface area contributed by atoms with Crippen LogP contribution in [-0.4, -0.2) is 171 Å². The Morgan fingerprint density at radius 2 is 1.47 bits per heavy atom. The molecular formula is C63H75FN8O14. The molecule has 458 valence electrons. The fraction of sp³-hybridized carbons (Fsp3) is 0.429. The summed E-state index contributed by atoms with van der Waals surface area (Å²) in [5.41, 5.74) is 5.77. The second-order valence-electron chi connectivity index (χ2n) is 21.1. The van der Waals surface area contributed by atoms with Gasteiger partial charge in [-0.2, -0.15) is 0 Å². The predicted molar refractivity (Wildman–Crippen MR) is 315 cm³/mol. The van der Waals surface area contributed by atoms with Crippen molar-refractivity contribution in [3.8, 4) is 28.1 Å². The zero-order valence-corrected chi connectivity index (χ0v) is 48.7. The lowest BCUT2D eigenvalue weighted by Crippen LogP contribution is -2.55. The molecule has 8 rings (SSSR count). The normalized spacial score (nSPS) is 14.9. The minimum atomic E-state index is -1.25. The molecule has 0 saturated carbocycles. The number of nitrogens with one attached hydrogen (secondary N) is 2. The molecule has 0 radical (unpaired) electrons. The number of hydrogen-bond acceptors (Lipinski definition) is 16. The second kappa shape index (κ2) is 31.3. The molecule has 22 nitrogen and oxygen atoms in total. The molecule has 2 aliphatic rings. The van der Waals surface area contributed by atoms with E-state index in [4.69, 9.17) is 23.7 Å². The van der Waals surface area contributed by atoms with Crippen LogP contribution in [0.15, 0.2) is 103 Å². The zero-order valence-electron chi connectivity index (χ0n) is 48.7. The number of aliphatic hydroxyl groups excluding tert-OH is 2. The van der Waals surface area contributed by atoms with Crippen LogP contribution in [0.25, 0.3) is 22.4 Å². The third kappa shape index (κ3) is 16.6. The van der Waals surface area contributed by atoms with Gasteiger partial charge in [0.1, 0.15) is 17.6 Å². The Balaban J connectivity index is 0.748. The number of ether oxygens (including phenoxy) is 5. The molecule has 5 amide bonds. The molecule has 2 aliphatic heterocycles. The summed E-state index contributed by atoms with van der Waals surface area (Å²) in [6, 6.07) is 26.4. The third-order valence-corrected chi connectivity index (χ3v) is 14.6. The minimum absolute atomic E-state index is 0.0796. The fourth-order valence-electron chi connectivity index (χ4n) is 10.7. The molecule has 5 N–H and O–H groups in total. The Labute approximate surface area is 498 Å². The zero-order chi connectivity index (χ0) is 61.1. The summed E-state index contributed by atoms with van der Waals surface area (Å²) in [5, 5.41) is 45.4. The molecule has 4 heterocycles. The molecule has 1 unspecified atom stereocenters. The number of anilines is 2. The number of amides is 5. The molecular weight excluding hydrogens is 1110 g/mol. The lowest BCUT2D eigenvalue weighted by Gasteiger charge is -2.33. The number of nitrogens with zero attached hydrogens (tertiary/aromatic N) is 6. The van der Waals surface area contributed by atoms with Crippen LogP contribution >= 0.6 is 0 Å². The summed E-state index contributed by atoms with van der Waals surface area (Å²) in [5.74, 6) is -3.62. The maximum Gasteiger partial charge on any atom is 0.305 e. The number of rotatable bonds is 35. The number of para-hydroxylation sites is 1. The number of aryl methyl sites for hydroxylation is 1. The Kier molecular flexibility index (Phi) is 23.2. The SMILES string of the molecule is CCN1C(=O)CCC(N2C(=O)c3cccc(NCCOCCOCCOCCOCCn4cc(CCCOc5cccc(-c6c(C(=O)Nc7ccccc7)c(C(C)C)n(CC[C@@H](O)C[C@@H](O)CC(=O)O)c6-c6ccc(F)cc6)c5)nn4)c3C2=O)C1=O. The highest BCUT2D eigenvalue weighted by molar-refractivity contribution is 6.25. The lowest BCUT2D eigenvalue weighted by atomic mass is 9.94. The predicted octanol–water partition coefficient (Wildman–Crippen LogP) is 7.23. The minimum Gasteiger partial charge on any atom is -0.494 e. The van der Waals surface area contributed by atoms with Crippen LogP contribution in [-0.2, 0) is 52.8 Å². The number of aliphatic hydroxyl groups is 2. The maximum atomic E-state index is 14.7. The fourth-order valence-corrected chi connectivity index (χ4v) is 10.7. The first-order valence-electron chi connectivity index (χ1n) is 29.1. The lowest BCUT2D eigenvalue weighted by molar-refractivity contribution is -0.151. The summed E-state index contributed by atoms with van der Waals surface area (Å²) < 4.78 is 47.2. The third-order valence-electron chi connectivity index (χ3n) is 14.6. The van der Waals surface area contributed by atoms with Crippen molar-refractivity contribution in [3.05, 3.63) is 137 Å². The highest BCUT2D eigenvalue weighted by Gasteiger charge is 2.47. The van der Waals surface area contributed by atoms with E-state index in [1.54, 1.807) is 54.1 Å². The molecule has 1 saturated heterocycles. The number of piperidine rings is 1. The number of aliphatic carboxylic acids is 1. The Bertz CT molecular complexity index is 3280. The molecule has 0 aliphatic carbocycles. The van der Waals surface area contributed by atoms with Crippen molar-refractivity contribution in [1.82, 2.24) is 29.4 Å². The largest absolute Gasteiger partial charge is 0.494 e. The van der Waals surface area contributed by atoms with E-state index in [-0.39, 0.29) is 67.6 Å². The van der Waals surface area contributed by atoms with Crippen LogP contribution in [0, 0.1) is 5.82 Å². The summed E-state index contributed by atoms with van der Waals surface area (Å²) in [7, 11) is 0. The van der Waals surface area contributed by atoms with E-state index >= 15 is 0 Å². The first-order chi connectivity index (χ1) is 41.6. The number of imide groups is 2. The van der Waals surface area contributed by atoms with E-state index in [9.17, 15) is 48.5 Å². The molecule has 6 aromatic rings. The number of carbonyl (C=O) groups excluding carboxylic acids is 5. The summed E-state index contributed by atoms with van der Waals surface area (Å²) in [6.07, 6.45) is 0.409. The van der Waals surface area contributed by atoms with E-state index in [0.717, 1.165) is 15.5 Å². The van der Waals surface area contributed by atoms with Gasteiger partial charge in [-0.1, -0.05) is 55.5 Å². The number of carbonyl (C=O) groups is 6. The number of likely N-dealkylation sites (N-methyl/N-ethyl adjacent to an activating group) is 1. The molecule has 23 heteroatoms. The number of halogens is 1. The van der Waals surface area contributed by atoms with Gasteiger partial charge in [0.25, 0.3) is 23.6 Å². The van der Waals surface area contributed by atoms with Crippen LogP contribution in [0.5, 0.6) is 5.75 Å². The summed E-state index contributed by atoms with van der Waals surface area (Å²) in [6.45, 7) is 10.0. The van der Waals surface area contributed by atoms with Gasteiger partial charge in [-0.3, -0.25) is 38.6 Å². The van der Waals surface area contributed by atoms with Gasteiger partial charge in [-0.25, -0.2) is 9.07 Å². The van der Waals surface area contributed by atoms with Crippen LogP contribution in [0.1, 0.15) is 108 Å². The quantitative estimate of drug-likeness (QED) is 0.0194. The van der Waals surface area contributed by atoms with Crippen molar-refractivity contribution < 1.29 is 72.2 Å². The molecule has 1 fully saturated rings. The van der Waals surface area contributed by atoms with Crippen molar-refractivity contribution in [2.75, 3.05) is 83.2 Å². The Hall–Kier alpha value is -8.19. The van der Waals surface area contributed by atoms with E-state index in [0.29, 0.717) is 136 Å². The number of aromatic nitrogens is 4. The number of carboxylic acids is 1. The van der Waals surface area contributed by atoms with Crippen LogP contribution in [0.2, 0.25) is 0 Å².